The molecule has 0 radical (unpaired) electrons. The van der Waals surface area contributed by atoms with Crippen LogP contribution < -0.4 is 0 Å². The molecule has 0 saturated heterocycles. The highest BCUT2D eigenvalue weighted by Gasteiger charge is 2.44. The van der Waals surface area contributed by atoms with Gasteiger partial charge in [0.2, 0.25) is 0 Å². The molecule has 1 aromatic carbocycles. The van der Waals surface area contributed by atoms with Gasteiger partial charge in [0.25, 0.3) is 0 Å². The van der Waals surface area contributed by atoms with Crippen LogP contribution in [0.5, 0.6) is 0 Å². The third-order valence-corrected chi connectivity index (χ3v) is 3.10. The van der Waals surface area contributed by atoms with Gasteiger partial charge in [0.05, 0.1) is 6.61 Å². The van der Waals surface area contributed by atoms with Gasteiger partial charge in [-0.1, -0.05) is 24.3 Å². The largest absolute Gasteiger partial charge is 0.381 e. The Morgan fingerprint density at radius 1 is 1.33 bits per heavy atom. The van der Waals surface area contributed by atoms with Gasteiger partial charge < -0.3 is 4.74 Å². The van der Waals surface area contributed by atoms with Crippen LogP contribution in [0.25, 0.3) is 0 Å². The molecule has 1 saturated carbocycles. The molecule has 1 aliphatic carbocycles. The van der Waals surface area contributed by atoms with Crippen molar-refractivity contribution in [3.8, 4) is 0 Å². The van der Waals surface area contributed by atoms with Crippen molar-refractivity contribution in [2.75, 3.05) is 13.2 Å². The number of benzene rings is 1. The smallest absolute Gasteiger partial charge is 0.150 e. The van der Waals surface area contributed by atoms with Crippen molar-refractivity contribution in [1.82, 2.24) is 0 Å². The Morgan fingerprint density at radius 2 is 2.00 bits per heavy atom. The number of carbonyl (C=O) groups excluding carboxylic acids is 1. The van der Waals surface area contributed by atoms with Crippen molar-refractivity contribution in [2.24, 2.45) is 0 Å². The first-order valence-electron chi connectivity index (χ1n) is 5.44. The molecule has 0 atom stereocenters. The number of hydrogen-bond donors (Lipinski definition) is 0. The van der Waals surface area contributed by atoms with Crippen molar-refractivity contribution in [1.29, 1.82) is 0 Å². The van der Waals surface area contributed by atoms with E-state index in [2.05, 4.69) is 12.1 Å². The molecule has 80 valence electrons. The zero-order valence-corrected chi connectivity index (χ0v) is 9.03. The van der Waals surface area contributed by atoms with Crippen LogP contribution in [0.4, 0.5) is 0 Å². The molecule has 0 aromatic heterocycles. The van der Waals surface area contributed by atoms with Gasteiger partial charge in [-0.15, -0.1) is 0 Å². The van der Waals surface area contributed by atoms with E-state index < -0.39 is 0 Å². The third-order valence-electron chi connectivity index (χ3n) is 3.10. The topological polar surface area (TPSA) is 26.3 Å². The standard InChI is InChI=1S/C13H16O2/c1-2-15-10-13(7-8-13)12-5-3-11(9-14)4-6-12/h3-6,9H,2,7-8,10H2,1H3. The summed E-state index contributed by atoms with van der Waals surface area (Å²) in [4.78, 5) is 10.5. The molecule has 2 rings (SSSR count). The molecule has 1 aromatic rings. The summed E-state index contributed by atoms with van der Waals surface area (Å²) in [6.45, 7) is 3.60. The first-order chi connectivity index (χ1) is 7.30. The van der Waals surface area contributed by atoms with Crippen LogP contribution in [0.3, 0.4) is 0 Å². The van der Waals surface area contributed by atoms with Crippen LogP contribution in [0, 0.1) is 0 Å². The van der Waals surface area contributed by atoms with Gasteiger partial charge in [-0.05, 0) is 25.3 Å². The summed E-state index contributed by atoms with van der Waals surface area (Å²) in [5.41, 5.74) is 2.30. The lowest BCUT2D eigenvalue weighted by molar-refractivity contribution is 0.112. The summed E-state index contributed by atoms with van der Waals surface area (Å²) < 4.78 is 5.50. The fraction of sp³-hybridized carbons (Fsp3) is 0.462. The first-order valence-corrected chi connectivity index (χ1v) is 5.44. The Hall–Kier alpha value is -1.15. The van der Waals surface area contributed by atoms with Gasteiger partial charge in [-0.2, -0.15) is 0 Å². The molecule has 1 aliphatic rings. The SMILES string of the molecule is CCOCC1(c2ccc(C=O)cc2)CC1. The normalized spacial score (nSPS) is 17.4. The minimum Gasteiger partial charge on any atom is -0.381 e. The summed E-state index contributed by atoms with van der Waals surface area (Å²) in [6, 6.07) is 7.87. The first kappa shape index (κ1) is 10.4. The molecular formula is C13H16O2. The fourth-order valence-electron chi connectivity index (χ4n) is 1.88. The van der Waals surface area contributed by atoms with Crippen LogP contribution in [0.15, 0.2) is 24.3 Å². The van der Waals surface area contributed by atoms with Crippen LogP contribution in [0.2, 0.25) is 0 Å². The number of aldehydes is 1. The second-order valence-corrected chi connectivity index (χ2v) is 4.16. The van der Waals surface area contributed by atoms with E-state index in [1.54, 1.807) is 0 Å². The summed E-state index contributed by atoms with van der Waals surface area (Å²) in [6.07, 6.45) is 3.28. The second-order valence-electron chi connectivity index (χ2n) is 4.16. The van der Waals surface area contributed by atoms with E-state index in [1.807, 2.05) is 19.1 Å². The van der Waals surface area contributed by atoms with Gasteiger partial charge in [0.1, 0.15) is 6.29 Å². The second kappa shape index (κ2) is 4.15. The van der Waals surface area contributed by atoms with Gasteiger partial charge in [0, 0.05) is 17.6 Å². The zero-order valence-electron chi connectivity index (χ0n) is 9.03. The molecule has 0 spiro atoms. The Morgan fingerprint density at radius 3 is 2.47 bits per heavy atom. The van der Waals surface area contributed by atoms with Crippen LogP contribution in [-0.4, -0.2) is 19.5 Å². The maximum Gasteiger partial charge on any atom is 0.150 e. The molecule has 0 bridgehead atoms. The van der Waals surface area contributed by atoms with Crippen molar-refractivity contribution >= 4 is 6.29 Å². The maximum atomic E-state index is 10.5. The van der Waals surface area contributed by atoms with E-state index in [4.69, 9.17) is 4.74 Å². The van der Waals surface area contributed by atoms with E-state index in [0.717, 1.165) is 25.1 Å². The lowest BCUT2D eigenvalue weighted by Gasteiger charge is -2.15. The summed E-state index contributed by atoms with van der Waals surface area (Å²) in [7, 11) is 0. The minimum atomic E-state index is 0.247. The van der Waals surface area contributed by atoms with Crippen LogP contribution in [-0.2, 0) is 10.2 Å². The van der Waals surface area contributed by atoms with Crippen molar-refractivity contribution in [2.45, 2.75) is 25.2 Å². The van der Waals surface area contributed by atoms with Gasteiger partial charge in [-0.25, -0.2) is 0 Å². The predicted octanol–water partition coefficient (Wildman–Crippen LogP) is 2.57. The number of carbonyl (C=O) groups is 1. The Kier molecular flexibility index (Phi) is 2.87. The molecule has 0 amide bonds. The van der Waals surface area contributed by atoms with E-state index in [9.17, 15) is 4.79 Å². The fourth-order valence-corrected chi connectivity index (χ4v) is 1.88. The highest BCUT2D eigenvalue weighted by molar-refractivity contribution is 5.74. The average molecular weight is 204 g/mol. The Balaban J connectivity index is 2.11. The molecule has 15 heavy (non-hydrogen) atoms. The van der Waals surface area contributed by atoms with E-state index >= 15 is 0 Å². The van der Waals surface area contributed by atoms with Crippen molar-refractivity contribution in [3.63, 3.8) is 0 Å². The quantitative estimate of drug-likeness (QED) is 0.689. The molecule has 0 N–H and O–H groups in total. The zero-order chi connectivity index (χ0) is 10.7. The van der Waals surface area contributed by atoms with E-state index in [0.29, 0.717) is 0 Å². The molecule has 0 heterocycles. The van der Waals surface area contributed by atoms with Crippen molar-refractivity contribution in [3.05, 3.63) is 35.4 Å². The summed E-state index contributed by atoms with van der Waals surface area (Å²) >= 11 is 0. The molecule has 2 heteroatoms. The lowest BCUT2D eigenvalue weighted by atomic mass is 9.96. The summed E-state index contributed by atoms with van der Waals surface area (Å²) in [5, 5.41) is 0. The average Bonchev–Trinajstić information content (AvgIpc) is 3.08. The van der Waals surface area contributed by atoms with Gasteiger partial charge in [0.15, 0.2) is 0 Å². The molecule has 0 aliphatic heterocycles. The number of ether oxygens (including phenoxy) is 1. The minimum absolute atomic E-state index is 0.247. The van der Waals surface area contributed by atoms with E-state index in [1.165, 1.54) is 18.4 Å². The number of hydrogen-bond acceptors (Lipinski definition) is 2. The van der Waals surface area contributed by atoms with Crippen molar-refractivity contribution < 1.29 is 9.53 Å². The molecule has 2 nitrogen and oxygen atoms in total. The predicted molar refractivity (Wildman–Crippen MR) is 59.2 cm³/mol. The lowest BCUT2D eigenvalue weighted by Crippen LogP contribution is -2.15. The van der Waals surface area contributed by atoms with Crippen LogP contribution in [0.1, 0.15) is 35.7 Å². The monoisotopic (exact) mass is 204 g/mol. The number of rotatable bonds is 5. The van der Waals surface area contributed by atoms with Gasteiger partial charge in [-0.3, -0.25) is 4.79 Å². The van der Waals surface area contributed by atoms with Gasteiger partial charge >= 0.3 is 0 Å². The maximum absolute atomic E-state index is 10.5. The Labute approximate surface area is 90.3 Å². The highest BCUT2D eigenvalue weighted by Crippen LogP contribution is 2.48. The molecule has 0 unspecified atom stereocenters. The highest BCUT2D eigenvalue weighted by atomic mass is 16.5. The molecular weight excluding hydrogens is 188 g/mol. The third kappa shape index (κ3) is 2.10. The summed E-state index contributed by atoms with van der Waals surface area (Å²) in [5.74, 6) is 0. The Bertz CT molecular complexity index is 336. The molecule has 1 fully saturated rings. The van der Waals surface area contributed by atoms with Crippen LogP contribution >= 0.6 is 0 Å². The van der Waals surface area contributed by atoms with E-state index in [-0.39, 0.29) is 5.41 Å².